The Morgan fingerprint density at radius 1 is 1.40 bits per heavy atom. The number of hydrogen-bond acceptors (Lipinski definition) is 2. The third-order valence-electron chi connectivity index (χ3n) is 3.28. The molecule has 1 aromatic heterocycles. The van der Waals surface area contributed by atoms with Gasteiger partial charge in [-0.1, -0.05) is 45.6 Å². The Kier molecular flexibility index (Phi) is 8.98. The zero-order valence-electron chi connectivity index (χ0n) is 13.8. The fourth-order valence-corrected chi connectivity index (χ4v) is 2.68. The first-order chi connectivity index (χ1) is 11.4. The van der Waals surface area contributed by atoms with E-state index in [1.54, 1.807) is 32.0 Å². The molecule has 0 saturated carbocycles. The van der Waals surface area contributed by atoms with Crippen LogP contribution in [0.5, 0.6) is 5.75 Å². The number of nitrogens with zero attached hydrogens (tertiary/aromatic N) is 1. The zero-order valence-corrected chi connectivity index (χ0v) is 18.2. The average molecular weight is 484 g/mol. The summed E-state index contributed by atoms with van der Waals surface area (Å²) in [6, 6.07) is 9.52. The third-order valence-corrected chi connectivity index (χ3v) is 3.94. The van der Waals surface area contributed by atoms with E-state index in [4.69, 9.17) is 4.74 Å². The predicted molar refractivity (Wildman–Crippen MR) is 92.4 cm³/mol. The standard InChI is InChI=1S/C18H15BrF2NO2.Y/c1-3-4-9-24-13-6-7-14(15(19)10-13)16-8-5-12(2)18(23)22(16)11-17(20)21;/h5-7,10,17H,9,11H2,1-2H3;/q-1;. The number of pyridine rings is 1. The molecule has 0 atom stereocenters. The molecule has 0 fully saturated rings. The third kappa shape index (κ3) is 5.74. The molecule has 0 N–H and O–H groups in total. The summed E-state index contributed by atoms with van der Waals surface area (Å²) >= 11 is 3.40. The Balaban J connectivity index is 0.00000312. The molecule has 0 aliphatic heterocycles. The molecule has 0 spiro atoms. The predicted octanol–water partition coefficient (Wildman–Crippen LogP) is 4.05. The first kappa shape index (κ1) is 22.0. The van der Waals surface area contributed by atoms with Gasteiger partial charge in [0.2, 0.25) is 0 Å². The summed E-state index contributed by atoms with van der Waals surface area (Å²) in [6.07, 6.45) is -2.63. The smallest absolute Gasteiger partial charge is 0.256 e. The van der Waals surface area contributed by atoms with Gasteiger partial charge in [0.1, 0.15) is 12.4 Å². The second-order valence-electron chi connectivity index (χ2n) is 4.98. The van der Waals surface area contributed by atoms with Gasteiger partial charge >= 0.3 is 0 Å². The number of aryl methyl sites for hydroxylation is 1. The summed E-state index contributed by atoms with van der Waals surface area (Å²) in [5, 5.41) is 0. The molecule has 0 unspecified atom stereocenters. The summed E-state index contributed by atoms with van der Waals surface area (Å²) in [7, 11) is 0. The Bertz CT molecular complexity index is 856. The van der Waals surface area contributed by atoms with Crippen LogP contribution in [0, 0.1) is 24.8 Å². The molecule has 0 bridgehead atoms. The van der Waals surface area contributed by atoms with Crippen LogP contribution in [-0.2, 0) is 39.3 Å². The van der Waals surface area contributed by atoms with Gasteiger partial charge in [-0.15, -0.1) is 12.0 Å². The molecule has 0 aliphatic carbocycles. The molecule has 129 valence electrons. The van der Waals surface area contributed by atoms with Crippen molar-refractivity contribution in [1.82, 2.24) is 4.57 Å². The Hall–Kier alpha value is -1.03. The summed E-state index contributed by atoms with van der Waals surface area (Å²) < 4.78 is 32.8. The Morgan fingerprint density at radius 3 is 2.72 bits per heavy atom. The van der Waals surface area contributed by atoms with Gasteiger partial charge in [-0.3, -0.25) is 4.79 Å². The van der Waals surface area contributed by atoms with E-state index < -0.39 is 18.5 Å². The van der Waals surface area contributed by atoms with Gasteiger partial charge in [-0.25, -0.2) is 8.78 Å². The van der Waals surface area contributed by atoms with Gasteiger partial charge < -0.3 is 9.30 Å². The van der Waals surface area contributed by atoms with Gasteiger partial charge in [0, 0.05) is 32.7 Å². The maximum atomic E-state index is 12.8. The minimum absolute atomic E-state index is 0. The van der Waals surface area contributed by atoms with Crippen molar-refractivity contribution in [3.63, 3.8) is 0 Å². The van der Waals surface area contributed by atoms with Crippen LogP contribution >= 0.6 is 15.9 Å². The normalized spacial score (nSPS) is 10.0. The Morgan fingerprint density at radius 2 is 2.12 bits per heavy atom. The van der Waals surface area contributed by atoms with Gasteiger partial charge in [0.15, 0.2) is 5.56 Å². The molecule has 0 saturated heterocycles. The monoisotopic (exact) mass is 483 g/mol. The quantitative estimate of drug-likeness (QED) is 0.474. The van der Waals surface area contributed by atoms with Crippen LogP contribution in [0.2, 0.25) is 0 Å². The van der Waals surface area contributed by atoms with Gasteiger partial charge in [-0.05, 0) is 23.5 Å². The van der Waals surface area contributed by atoms with Crippen molar-refractivity contribution in [2.75, 3.05) is 6.61 Å². The number of rotatable bonds is 5. The summed E-state index contributed by atoms with van der Waals surface area (Å²) in [5.74, 6) is 6.10. The fraction of sp³-hybridized carbons (Fsp3) is 0.278. The van der Waals surface area contributed by atoms with E-state index in [-0.39, 0.29) is 39.3 Å². The van der Waals surface area contributed by atoms with Gasteiger partial charge in [0.05, 0.1) is 6.54 Å². The fourth-order valence-electron chi connectivity index (χ4n) is 2.14. The average Bonchev–Trinajstić information content (AvgIpc) is 2.53. The number of aromatic nitrogens is 1. The van der Waals surface area contributed by atoms with E-state index in [1.807, 2.05) is 0 Å². The van der Waals surface area contributed by atoms with Crippen LogP contribution in [0.15, 0.2) is 33.5 Å². The minimum atomic E-state index is -2.63. The maximum absolute atomic E-state index is 12.8. The van der Waals surface area contributed by atoms with Crippen molar-refractivity contribution >= 4 is 15.9 Å². The van der Waals surface area contributed by atoms with Crippen LogP contribution in [0.25, 0.3) is 11.3 Å². The van der Waals surface area contributed by atoms with Gasteiger partial charge in [-0.2, -0.15) is 12.1 Å². The molecule has 7 heteroatoms. The largest absolute Gasteiger partial charge is 0.481 e. The first-order valence-electron chi connectivity index (χ1n) is 7.16. The molecule has 2 rings (SSSR count). The van der Waals surface area contributed by atoms with Crippen LogP contribution in [-0.4, -0.2) is 17.6 Å². The molecule has 25 heavy (non-hydrogen) atoms. The summed E-state index contributed by atoms with van der Waals surface area (Å²) in [6.45, 7) is 2.88. The number of halogens is 3. The van der Waals surface area contributed by atoms with Crippen LogP contribution in [0.4, 0.5) is 8.78 Å². The van der Waals surface area contributed by atoms with Crippen LogP contribution in [0.1, 0.15) is 12.5 Å². The summed E-state index contributed by atoms with van der Waals surface area (Å²) in [4.78, 5) is 12.2. The minimum Gasteiger partial charge on any atom is -0.481 e. The molecule has 2 aromatic rings. The molecule has 0 amide bonds. The van der Waals surface area contributed by atoms with Gasteiger partial charge in [0.25, 0.3) is 6.43 Å². The zero-order chi connectivity index (χ0) is 17.7. The van der Waals surface area contributed by atoms with Crippen molar-refractivity contribution in [2.24, 2.45) is 0 Å². The van der Waals surface area contributed by atoms with Crippen LogP contribution in [0.3, 0.4) is 0 Å². The van der Waals surface area contributed by atoms with Crippen molar-refractivity contribution in [2.45, 2.75) is 26.8 Å². The molecule has 1 aromatic carbocycles. The molecule has 0 aliphatic rings. The Labute approximate surface area is 178 Å². The van der Waals surface area contributed by atoms with Crippen LogP contribution < -0.4 is 10.3 Å². The van der Waals surface area contributed by atoms with E-state index >= 15 is 0 Å². The SMILES string of the molecule is CC#CCOc1ccc(-c2[c-]cc(C)c(=O)n2CC(F)F)c(Br)c1.[Y]. The van der Waals surface area contributed by atoms with E-state index in [0.29, 0.717) is 27.0 Å². The van der Waals surface area contributed by atoms with Crippen molar-refractivity contribution < 1.29 is 46.2 Å². The molecular weight excluding hydrogens is 469 g/mol. The second-order valence-corrected chi connectivity index (χ2v) is 5.84. The molecular formula is C18H15BrF2NO2Y-. The summed E-state index contributed by atoms with van der Waals surface area (Å²) in [5.41, 5.74) is 0.808. The van der Waals surface area contributed by atoms with E-state index in [9.17, 15) is 13.6 Å². The number of ether oxygens (including phenoxy) is 1. The van der Waals surface area contributed by atoms with E-state index in [2.05, 4.69) is 33.8 Å². The molecule has 1 heterocycles. The molecule has 3 nitrogen and oxygen atoms in total. The van der Waals surface area contributed by atoms with E-state index in [1.165, 1.54) is 6.07 Å². The first-order valence-corrected chi connectivity index (χ1v) is 7.96. The number of alkyl halides is 2. The number of hydrogen-bond donors (Lipinski definition) is 0. The second kappa shape index (κ2) is 10.2. The molecule has 1 radical (unpaired) electrons. The van der Waals surface area contributed by atoms with Crippen molar-refractivity contribution in [3.8, 4) is 28.8 Å². The van der Waals surface area contributed by atoms with Crippen molar-refractivity contribution in [3.05, 3.63) is 50.7 Å². The van der Waals surface area contributed by atoms with E-state index in [0.717, 1.165) is 4.57 Å². The topological polar surface area (TPSA) is 31.2 Å². The van der Waals surface area contributed by atoms with Crippen molar-refractivity contribution in [1.29, 1.82) is 0 Å². The maximum Gasteiger partial charge on any atom is 0.256 e. The number of benzene rings is 1.